The monoisotopic (exact) mass is 262 g/mol. The van der Waals surface area contributed by atoms with E-state index in [1.165, 1.54) is 4.31 Å². The normalized spacial score (nSPS) is 12.6. The van der Waals surface area contributed by atoms with Crippen molar-refractivity contribution in [3.05, 3.63) is 12.7 Å². The number of nitrogens with zero attached hydrogens (tertiary/aromatic N) is 1. The zero-order valence-electron chi connectivity index (χ0n) is 11.4. The first-order valence-corrected chi connectivity index (χ1v) is 7.76. The van der Waals surface area contributed by atoms with E-state index >= 15 is 0 Å². The van der Waals surface area contributed by atoms with Gasteiger partial charge in [-0.2, -0.15) is 4.31 Å². The Morgan fingerprint density at radius 3 is 2.29 bits per heavy atom. The van der Waals surface area contributed by atoms with Crippen LogP contribution >= 0.6 is 0 Å². The van der Waals surface area contributed by atoms with Gasteiger partial charge in [-0.25, -0.2) is 8.42 Å². The summed E-state index contributed by atoms with van der Waals surface area (Å²) < 4.78 is 25.6. The largest absolute Gasteiger partial charge is 0.314 e. The Morgan fingerprint density at radius 2 is 1.88 bits per heavy atom. The summed E-state index contributed by atoms with van der Waals surface area (Å²) >= 11 is 0. The highest BCUT2D eigenvalue weighted by molar-refractivity contribution is 7.89. The second-order valence-corrected chi connectivity index (χ2v) is 6.77. The average molecular weight is 262 g/mol. The van der Waals surface area contributed by atoms with E-state index < -0.39 is 10.0 Å². The molecule has 102 valence electrons. The third kappa shape index (κ3) is 6.81. The molecule has 0 saturated carbocycles. The second-order valence-electron chi connectivity index (χ2n) is 4.73. The van der Waals surface area contributed by atoms with Crippen molar-refractivity contribution in [2.75, 3.05) is 18.8 Å². The molecular weight excluding hydrogens is 236 g/mol. The van der Waals surface area contributed by atoms with Gasteiger partial charge in [0, 0.05) is 18.6 Å². The van der Waals surface area contributed by atoms with Crippen LogP contribution in [0.2, 0.25) is 0 Å². The highest BCUT2D eigenvalue weighted by Crippen LogP contribution is 2.08. The predicted molar refractivity (Wildman–Crippen MR) is 73.6 cm³/mol. The van der Waals surface area contributed by atoms with Crippen molar-refractivity contribution < 1.29 is 8.42 Å². The molecule has 0 aliphatic heterocycles. The molecule has 0 unspecified atom stereocenters. The van der Waals surface area contributed by atoms with E-state index in [4.69, 9.17) is 0 Å². The quantitative estimate of drug-likeness (QED) is 0.507. The second kappa shape index (κ2) is 7.84. The molecule has 0 aromatic carbocycles. The smallest absolute Gasteiger partial charge is 0.214 e. The Hall–Kier alpha value is -0.390. The molecular formula is C12H26N2O2S. The fourth-order valence-corrected chi connectivity index (χ4v) is 3.25. The van der Waals surface area contributed by atoms with Crippen LogP contribution in [0.25, 0.3) is 0 Å². The van der Waals surface area contributed by atoms with Crippen LogP contribution in [0.5, 0.6) is 0 Å². The highest BCUT2D eigenvalue weighted by atomic mass is 32.2. The van der Waals surface area contributed by atoms with Crippen molar-refractivity contribution in [2.24, 2.45) is 0 Å². The van der Waals surface area contributed by atoms with Crippen LogP contribution in [-0.4, -0.2) is 43.6 Å². The Kier molecular flexibility index (Phi) is 7.66. The van der Waals surface area contributed by atoms with Gasteiger partial charge in [0.15, 0.2) is 0 Å². The molecule has 0 aliphatic rings. The van der Waals surface area contributed by atoms with E-state index in [1.54, 1.807) is 6.08 Å². The topological polar surface area (TPSA) is 49.4 Å². The lowest BCUT2D eigenvalue weighted by atomic mass is 10.4. The van der Waals surface area contributed by atoms with E-state index in [0.717, 1.165) is 6.54 Å². The third-order valence-corrected chi connectivity index (χ3v) is 4.46. The van der Waals surface area contributed by atoms with E-state index in [1.807, 2.05) is 27.7 Å². The first kappa shape index (κ1) is 16.6. The van der Waals surface area contributed by atoms with Gasteiger partial charge in [0.25, 0.3) is 0 Å². The Bertz CT molecular complexity index is 310. The average Bonchev–Trinajstić information content (AvgIpc) is 2.20. The SMILES string of the molecule is C=CCN(C(C)C)S(=O)(=O)CCCNC(C)C. The van der Waals surface area contributed by atoms with Gasteiger partial charge in [0.1, 0.15) is 0 Å². The molecule has 17 heavy (non-hydrogen) atoms. The lowest BCUT2D eigenvalue weighted by molar-refractivity contribution is 0.382. The van der Waals surface area contributed by atoms with Gasteiger partial charge < -0.3 is 5.32 Å². The fourth-order valence-electron chi connectivity index (χ4n) is 1.54. The third-order valence-electron chi connectivity index (χ3n) is 2.37. The van der Waals surface area contributed by atoms with Crippen molar-refractivity contribution in [2.45, 2.75) is 46.2 Å². The molecule has 0 radical (unpaired) electrons. The summed E-state index contributed by atoms with van der Waals surface area (Å²) in [6.45, 7) is 12.6. The fraction of sp³-hybridized carbons (Fsp3) is 0.833. The number of rotatable bonds is 9. The van der Waals surface area contributed by atoms with Gasteiger partial charge in [-0.15, -0.1) is 6.58 Å². The standard InChI is InChI=1S/C12H26N2O2S/c1-6-9-14(12(4)5)17(15,16)10-7-8-13-11(2)3/h6,11-13H,1,7-10H2,2-5H3. The van der Waals surface area contributed by atoms with Crippen LogP contribution in [0.15, 0.2) is 12.7 Å². The van der Waals surface area contributed by atoms with Gasteiger partial charge in [0.2, 0.25) is 10.0 Å². The van der Waals surface area contributed by atoms with Crippen molar-refractivity contribution in [1.29, 1.82) is 0 Å². The van der Waals surface area contributed by atoms with E-state index in [-0.39, 0.29) is 11.8 Å². The molecule has 0 bridgehead atoms. The summed E-state index contributed by atoms with van der Waals surface area (Å²) in [5.74, 6) is 0.193. The van der Waals surface area contributed by atoms with Crippen LogP contribution < -0.4 is 5.32 Å². The molecule has 0 saturated heterocycles. The molecule has 0 atom stereocenters. The number of hydrogen-bond acceptors (Lipinski definition) is 3. The van der Waals surface area contributed by atoms with Crippen molar-refractivity contribution >= 4 is 10.0 Å². The maximum absolute atomic E-state index is 12.1. The van der Waals surface area contributed by atoms with Crippen molar-refractivity contribution in [3.8, 4) is 0 Å². The molecule has 0 aromatic rings. The molecule has 0 spiro atoms. The van der Waals surface area contributed by atoms with Gasteiger partial charge >= 0.3 is 0 Å². The summed E-state index contributed by atoms with van der Waals surface area (Å²) in [6.07, 6.45) is 2.27. The minimum atomic E-state index is -3.16. The van der Waals surface area contributed by atoms with Gasteiger partial charge in [-0.3, -0.25) is 0 Å². The molecule has 0 fully saturated rings. The van der Waals surface area contributed by atoms with Crippen molar-refractivity contribution in [3.63, 3.8) is 0 Å². The van der Waals surface area contributed by atoms with Crippen LogP contribution in [0, 0.1) is 0 Å². The first-order chi connectivity index (χ1) is 7.81. The molecule has 0 aliphatic carbocycles. The maximum atomic E-state index is 12.1. The van der Waals surface area contributed by atoms with E-state index in [9.17, 15) is 8.42 Å². The maximum Gasteiger partial charge on any atom is 0.214 e. The zero-order chi connectivity index (χ0) is 13.5. The van der Waals surface area contributed by atoms with Gasteiger partial charge in [0.05, 0.1) is 5.75 Å². The molecule has 1 N–H and O–H groups in total. The van der Waals surface area contributed by atoms with E-state index in [0.29, 0.717) is 19.0 Å². The predicted octanol–water partition coefficient (Wildman–Crippen LogP) is 1.60. The first-order valence-electron chi connectivity index (χ1n) is 6.15. The lowest BCUT2D eigenvalue weighted by Gasteiger charge is -2.24. The van der Waals surface area contributed by atoms with Crippen LogP contribution in [0.3, 0.4) is 0 Å². The molecule has 0 heterocycles. The van der Waals surface area contributed by atoms with Crippen molar-refractivity contribution in [1.82, 2.24) is 9.62 Å². The Labute approximate surface area is 106 Å². The van der Waals surface area contributed by atoms with Gasteiger partial charge in [-0.05, 0) is 26.8 Å². The molecule has 5 heteroatoms. The lowest BCUT2D eigenvalue weighted by Crippen LogP contribution is -2.39. The number of nitrogens with one attached hydrogen (secondary N) is 1. The number of sulfonamides is 1. The summed E-state index contributed by atoms with van der Waals surface area (Å²) in [4.78, 5) is 0. The molecule has 4 nitrogen and oxygen atoms in total. The summed E-state index contributed by atoms with van der Waals surface area (Å²) in [7, 11) is -3.16. The Balaban J connectivity index is 4.28. The summed E-state index contributed by atoms with van der Waals surface area (Å²) in [6, 6.07) is 0.378. The molecule has 0 aromatic heterocycles. The minimum Gasteiger partial charge on any atom is -0.314 e. The number of hydrogen-bond donors (Lipinski definition) is 1. The Morgan fingerprint density at radius 1 is 1.29 bits per heavy atom. The van der Waals surface area contributed by atoms with Crippen LogP contribution in [0.1, 0.15) is 34.1 Å². The highest BCUT2D eigenvalue weighted by Gasteiger charge is 2.22. The van der Waals surface area contributed by atoms with E-state index in [2.05, 4.69) is 11.9 Å². The molecule has 0 rings (SSSR count). The van der Waals surface area contributed by atoms with Gasteiger partial charge in [-0.1, -0.05) is 19.9 Å². The summed E-state index contributed by atoms with van der Waals surface area (Å²) in [5, 5.41) is 3.22. The minimum absolute atomic E-state index is 0.0175. The summed E-state index contributed by atoms with van der Waals surface area (Å²) in [5.41, 5.74) is 0. The van der Waals surface area contributed by atoms with Crippen LogP contribution in [0.4, 0.5) is 0 Å². The van der Waals surface area contributed by atoms with Crippen LogP contribution in [-0.2, 0) is 10.0 Å². The zero-order valence-corrected chi connectivity index (χ0v) is 12.3. The molecule has 0 amide bonds.